The number of nitrogens with one attached hydrogen (secondary N) is 1. The Morgan fingerprint density at radius 3 is 2.76 bits per heavy atom. The van der Waals surface area contributed by atoms with Gasteiger partial charge >= 0.3 is 0 Å². The fraction of sp³-hybridized carbons (Fsp3) is 0.647. The van der Waals surface area contributed by atoms with Crippen molar-refractivity contribution in [2.75, 3.05) is 13.1 Å². The van der Waals surface area contributed by atoms with Gasteiger partial charge in [0.1, 0.15) is 0 Å². The summed E-state index contributed by atoms with van der Waals surface area (Å²) < 4.78 is 27.2. The van der Waals surface area contributed by atoms with Crippen molar-refractivity contribution in [1.29, 1.82) is 0 Å². The van der Waals surface area contributed by atoms with E-state index in [0.717, 1.165) is 25.9 Å². The van der Waals surface area contributed by atoms with E-state index in [1.54, 1.807) is 12.1 Å². The van der Waals surface area contributed by atoms with E-state index >= 15 is 0 Å². The molecule has 0 aromatic heterocycles. The summed E-state index contributed by atoms with van der Waals surface area (Å²) in [5.41, 5.74) is 0.457. The quantitative estimate of drug-likeness (QED) is 0.893. The normalized spacial score (nSPS) is 23.7. The van der Waals surface area contributed by atoms with Gasteiger partial charge in [-0.1, -0.05) is 32.9 Å². The third-order valence-corrected chi connectivity index (χ3v) is 4.25. The van der Waals surface area contributed by atoms with Gasteiger partial charge in [0.2, 0.25) is 0 Å². The molecule has 0 amide bonds. The molecule has 1 N–H and O–H groups in total. The van der Waals surface area contributed by atoms with E-state index in [9.17, 15) is 8.78 Å². The highest BCUT2D eigenvalue weighted by Crippen LogP contribution is 2.20. The largest absolute Gasteiger partial charge is 0.311 e. The number of halogens is 2. The third-order valence-electron chi connectivity index (χ3n) is 4.25. The molecule has 2 atom stereocenters. The molecule has 1 aliphatic rings. The van der Waals surface area contributed by atoms with Crippen molar-refractivity contribution in [2.24, 2.45) is 5.92 Å². The van der Waals surface area contributed by atoms with E-state index in [1.165, 1.54) is 6.07 Å². The fourth-order valence-electron chi connectivity index (χ4n) is 3.14. The van der Waals surface area contributed by atoms with Gasteiger partial charge < -0.3 is 5.32 Å². The molecule has 2 rings (SSSR count). The average Bonchev–Trinajstić information content (AvgIpc) is 2.43. The first-order valence-electron chi connectivity index (χ1n) is 7.91. The van der Waals surface area contributed by atoms with Crippen LogP contribution in [0.15, 0.2) is 18.2 Å². The first-order valence-corrected chi connectivity index (χ1v) is 7.91. The number of rotatable bonds is 5. The smallest absolute Gasteiger partial charge is 0.163 e. The number of benzene rings is 1. The molecule has 1 saturated heterocycles. The van der Waals surface area contributed by atoms with Crippen LogP contribution in [0.5, 0.6) is 0 Å². The van der Waals surface area contributed by atoms with Crippen LogP contribution < -0.4 is 5.32 Å². The van der Waals surface area contributed by atoms with E-state index in [1.807, 2.05) is 0 Å². The molecular formula is C17H26F2N2. The zero-order valence-corrected chi connectivity index (χ0v) is 13.2. The summed E-state index contributed by atoms with van der Waals surface area (Å²) in [6.45, 7) is 8.87. The van der Waals surface area contributed by atoms with Gasteiger partial charge in [-0.15, -0.1) is 0 Å². The van der Waals surface area contributed by atoms with Crippen molar-refractivity contribution < 1.29 is 8.78 Å². The van der Waals surface area contributed by atoms with Gasteiger partial charge in [-0.25, -0.2) is 8.78 Å². The Morgan fingerprint density at radius 2 is 2.10 bits per heavy atom. The highest BCUT2D eigenvalue weighted by Gasteiger charge is 2.27. The Labute approximate surface area is 126 Å². The number of piperazine rings is 1. The minimum absolute atomic E-state index is 0.385. The lowest BCUT2D eigenvalue weighted by Gasteiger charge is -2.40. The summed E-state index contributed by atoms with van der Waals surface area (Å²) in [4.78, 5) is 2.29. The molecule has 1 heterocycles. The predicted octanol–water partition coefficient (Wildman–Crippen LogP) is 3.56. The minimum Gasteiger partial charge on any atom is -0.311 e. The van der Waals surface area contributed by atoms with Crippen LogP contribution in [0.25, 0.3) is 0 Å². The van der Waals surface area contributed by atoms with Gasteiger partial charge in [0.15, 0.2) is 11.6 Å². The van der Waals surface area contributed by atoms with E-state index in [2.05, 4.69) is 31.0 Å². The predicted molar refractivity (Wildman–Crippen MR) is 82.1 cm³/mol. The van der Waals surface area contributed by atoms with Crippen LogP contribution in [0.3, 0.4) is 0 Å². The van der Waals surface area contributed by atoms with Crippen LogP contribution in [-0.4, -0.2) is 30.1 Å². The maximum Gasteiger partial charge on any atom is 0.163 e. The molecule has 0 aliphatic carbocycles. The summed E-state index contributed by atoms with van der Waals surface area (Å²) in [5.74, 6) is -0.825. The molecule has 118 valence electrons. The van der Waals surface area contributed by atoms with Crippen LogP contribution in [0.4, 0.5) is 8.78 Å². The van der Waals surface area contributed by atoms with Crippen molar-refractivity contribution in [3.63, 3.8) is 0 Å². The monoisotopic (exact) mass is 296 g/mol. The second kappa shape index (κ2) is 7.32. The number of nitrogens with zero attached hydrogens (tertiary/aromatic N) is 1. The zero-order valence-electron chi connectivity index (χ0n) is 13.2. The Morgan fingerprint density at radius 1 is 1.33 bits per heavy atom. The third kappa shape index (κ3) is 4.24. The second-order valence-corrected chi connectivity index (χ2v) is 6.44. The summed E-state index contributed by atoms with van der Waals surface area (Å²) >= 11 is 0. The molecule has 0 saturated carbocycles. The molecule has 1 aromatic rings. The molecule has 4 heteroatoms. The maximum absolute atomic E-state index is 13.9. The van der Waals surface area contributed by atoms with Gasteiger partial charge in [-0.3, -0.25) is 4.90 Å². The Hall–Kier alpha value is -1.00. The fourth-order valence-corrected chi connectivity index (χ4v) is 3.14. The van der Waals surface area contributed by atoms with Gasteiger partial charge in [-0.2, -0.15) is 0 Å². The van der Waals surface area contributed by atoms with E-state index in [0.29, 0.717) is 30.1 Å². The molecule has 0 bridgehead atoms. The highest BCUT2D eigenvalue weighted by atomic mass is 19.2. The summed E-state index contributed by atoms with van der Waals surface area (Å²) in [5, 5.41) is 3.58. The second-order valence-electron chi connectivity index (χ2n) is 6.44. The molecule has 1 fully saturated rings. The van der Waals surface area contributed by atoms with Crippen molar-refractivity contribution in [1.82, 2.24) is 10.2 Å². The summed E-state index contributed by atoms with van der Waals surface area (Å²) in [7, 11) is 0. The van der Waals surface area contributed by atoms with E-state index < -0.39 is 11.6 Å². The summed E-state index contributed by atoms with van der Waals surface area (Å²) in [6, 6.07) is 5.27. The lowest BCUT2D eigenvalue weighted by atomic mass is 9.98. The van der Waals surface area contributed by atoms with Gasteiger partial charge in [0.05, 0.1) is 0 Å². The van der Waals surface area contributed by atoms with Crippen LogP contribution in [0.2, 0.25) is 0 Å². The maximum atomic E-state index is 13.9. The molecule has 21 heavy (non-hydrogen) atoms. The first-order chi connectivity index (χ1) is 10.0. The van der Waals surface area contributed by atoms with Crippen molar-refractivity contribution in [2.45, 2.75) is 52.2 Å². The molecule has 0 spiro atoms. The molecule has 1 aliphatic heterocycles. The van der Waals surface area contributed by atoms with Crippen LogP contribution in [-0.2, 0) is 6.54 Å². The topological polar surface area (TPSA) is 15.3 Å². The van der Waals surface area contributed by atoms with Crippen LogP contribution in [0.1, 0.15) is 39.2 Å². The van der Waals surface area contributed by atoms with E-state index in [4.69, 9.17) is 0 Å². The lowest BCUT2D eigenvalue weighted by Crippen LogP contribution is -2.56. The number of hydrogen-bond acceptors (Lipinski definition) is 2. The molecule has 1 aromatic carbocycles. The molecule has 2 unspecified atom stereocenters. The first kappa shape index (κ1) is 16.4. The Bertz CT molecular complexity index is 462. The molecule has 0 radical (unpaired) electrons. The molecule has 2 nitrogen and oxygen atoms in total. The average molecular weight is 296 g/mol. The number of hydrogen-bond donors (Lipinski definition) is 1. The van der Waals surface area contributed by atoms with Crippen molar-refractivity contribution in [3.8, 4) is 0 Å². The lowest BCUT2D eigenvalue weighted by molar-refractivity contribution is 0.110. The Kier molecular flexibility index (Phi) is 5.71. The zero-order chi connectivity index (χ0) is 15.4. The minimum atomic E-state index is -0.755. The van der Waals surface area contributed by atoms with Crippen molar-refractivity contribution in [3.05, 3.63) is 35.4 Å². The molecular weight excluding hydrogens is 270 g/mol. The summed E-state index contributed by atoms with van der Waals surface area (Å²) in [6.07, 6.45) is 2.12. The van der Waals surface area contributed by atoms with Gasteiger partial charge in [-0.05, 0) is 24.8 Å². The van der Waals surface area contributed by atoms with Crippen LogP contribution in [0, 0.1) is 17.6 Å². The highest BCUT2D eigenvalue weighted by molar-refractivity contribution is 5.19. The van der Waals surface area contributed by atoms with E-state index in [-0.39, 0.29) is 0 Å². The van der Waals surface area contributed by atoms with Crippen LogP contribution >= 0.6 is 0 Å². The van der Waals surface area contributed by atoms with Gasteiger partial charge in [0.25, 0.3) is 0 Å². The van der Waals surface area contributed by atoms with Gasteiger partial charge in [0, 0.05) is 37.3 Å². The standard InChI is InChI=1S/C17H26F2N2/c1-4-15-9-20-14(8-12(2)3)11-21(15)10-13-6-5-7-16(18)17(13)19/h5-7,12,14-15,20H,4,8-11H2,1-3H3. The Balaban J connectivity index is 2.08. The SMILES string of the molecule is CCC1CNC(CC(C)C)CN1Cc1cccc(F)c1F. The van der Waals surface area contributed by atoms with Crippen molar-refractivity contribution >= 4 is 0 Å².